The number of carbonyl (C=O) groups is 1. The van der Waals surface area contributed by atoms with Crippen LogP contribution in [0.2, 0.25) is 0 Å². The molecule has 0 aliphatic rings. The summed E-state index contributed by atoms with van der Waals surface area (Å²) in [5.74, 6) is 0.168. The van der Waals surface area contributed by atoms with Crippen molar-refractivity contribution in [3.63, 3.8) is 0 Å². The minimum Gasteiger partial charge on any atom is -0.297 e. The molecule has 0 N–H and O–H groups in total. The van der Waals surface area contributed by atoms with Crippen molar-refractivity contribution >= 4 is 5.78 Å². The number of nitrogens with zero attached hydrogens (tertiary/aromatic N) is 3. The largest absolute Gasteiger partial charge is 0.297 e. The van der Waals surface area contributed by atoms with Crippen molar-refractivity contribution in [2.24, 2.45) is 5.41 Å². The van der Waals surface area contributed by atoms with Gasteiger partial charge in [-0.25, -0.2) is 9.67 Å². The first kappa shape index (κ1) is 13.5. The van der Waals surface area contributed by atoms with Gasteiger partial charge in [0.2, 0.25) is 0 Å². The van der Waals surface area contributed by atoms with Crippen molar-refractivity contribution in [3.8, 4) is 0 Å². The van der Waals surface area contributed by atoms with Crippen molar-refractivity contribution in [2.45, 2.75) is 33.2 Å². The number of hydrogen-bond acceptors (Lipinski definition) is 3. The van der Waals surface area contributed by atoms with Gasteiger partial charge in [-0.2, -0.15) is 5.10 Å². The van der Waals surface area contributed by atoms with Crippen molar-refractivity contribution < 1.29 is 4.79 Å². The molecule has 0 bridgehead atoms. The second kappa shape index (κ2) is 5.34. The Balaban J connectivity index is 2.28. The molecule has 1 heterocycles. The van der Waals surface area contributed by atoms with Gasteiger partial charge in [-0.3, -0.25) is 4.79 Å². The summed E-state index contributed by atoms with van der Waals surface area (Å²) in [7, 11) is 0. The van der Waals surface area contributed by atoms with E-state index in [0.29, 0.717) is 6.42 Å². The summed E-state index contributed by atoms with van der Waals surface area (Å²) in [5.41, 5.74) is 0.728. The smallest absolute Gasteiger partial charge is 0.163 e. The molecule has 4 heteroatoms. The lowest BCUT2D eigenvalue weighted by atomic mass is 9.84. The fraction of sp³-hybridized carbons (Fsp3) is 0.400. The molecule has 2 rings (SSSR count). The molecule has 0 spiro atoms. The molecule has 0 saturated carbocycles. The molecule has 2 aromatic rings. The highest BCUT2D eigenvalue weighted by molar-refractivity contribution is 5.87. The molecule has 1 aromatic carbocycles. The fourth-order valence-electron chi connectivity index (χ4n) is 2.02. The van der Waals surface area contributed by atoms with Crippen LogP contribution >= 0.6 is 0 Å². The average Bonchev–Trinajstić information content (AvgIpc) is 2.89. The van der Waals surface area contributed by atoms with Gasteiger partial charge in [0.25, 0.3) is 0 Å². The summed E-state index contributed by atoms with van der Waals surface area (Å²) in [6, 6.07) is 9.69. The van der Waals surface area contributed by atoms with Crippen LogP contribution in [0, 0.1) is 5.41 Å². The van der Waals surface area contributed by atoms with Gasteiger partial charge in [0.1, 0.15) is 18.7 Å². The molecule has 0 aliphatic carbocycles. The van der Waals surface area contributed by atoms with Crippen molar-refractivity contribution in [3.05, 3.63) is 48.5 Å². The van der Waals surface area contributed by atoms with E-state index >= 15 is 0 Å². The van der Waals surface area contributed by atoms with Gasteiger partial charge in [-0.1, -0.05) is 51.1 Å². The Hall–Kier alpha value is -1.97. The standard InChI is InChI=1S/C15H19N3O/c1-15(2,3)14(19)13(18-11-16-10-17-18)9-12-7-5-4-6-8-12/h4-8,10-11,13H,9H2,1-3H3/t13-/m0/s1. The number of carbonyl (C=O) groups excluding carboxylic acids is 1. The molecule has 1 aromatic heterocycles. The topological polar surface area (TPSA) is 47.8 Å². The Morgan fingerprint density at radius 1 is 1.26 bits per heavy atom. The molecule has 0 fully saturated rings. The normalized spacial score (nSPS) is 13.2. The summed E-state index contributed by atoms with van der Waals surface area (Å²) in [6.45, 7) is 5.80. The van der Waals surface area contributed by atoms with Gasteiger partial charge >= 0.3 is 0 Å². The van der Waals surface area contributed by atoms with Crippen molar-refractivity contribution in [2.75, 3.05) is 0 Å². The van der Waals surface area contributed by atoms with Gasteiger partial charge in [0.05, 0.1) is 0 Å². The molecule has 4 nitrogen and oxygen atoms in total. The quantitative estimate of drug-likeness (QED) is 0.846. The zero-order valence-corrected chi connectivity index (χ0v) is 11.6. The fourth-order valence-corrected chi connectivity index (χ4v) is 2.02. The lowest BCUT2D eigenvalue weighted by Gasteiger charge is -2.24. The number of aromatic nitrogens is 3. The number of rotatable bonds is 4. The molecule has 0 radical (unpaired) electrons. The number of Topliss-reactive ketones (excluding diaryl/α,β-unsaturated/α-hetero) is 1. The summed E-state index contributed by atoms with van der Waals surface area (Å²) in [5, 5.41) is 4.13. The van der Waals surface area contributed by atoms with E-state index in [-0.39, 0.29) is 11.8 Å². The number of hydrogen-bond donors (Lipinski definition) is 0. The van der Waals surface area contributed by atoms with Crippen LogP contribution in [-0.2, 0) is 11.2 Å². The average molecular weight is 257 g/mol. The van der Waals surface area contributed by atoms with E-state index < -0.39 is 5.41 Å². The van der Waals surface area contributed by atoms with Crippen LogP contribution in [0.1, 0.15) is 32.4 Å². The Kier molecular flexibility index (Phi) is 3.79. The van der Waals surface area contributed by atoms with E-state index in [0.717, 1.165) is 5.56 Å². The van der Waals surface area contributed by atoms with Gasteiger partial charge in [-0.15, -0.1) is 0 Å². The van der Waals surface area contributed by atoms with Crippen LogP contribution < -0.4 is 0 Å². The maximum absolute atomic E-state index is 12.6. The third-order valence-electron chi connectivity index (χ3n) is 3.07. The molecule has 19 heavy (non-hydrogen) atoms. The number of benzene rings is 1. The molecular weight excluding hydrogens is 238 g/mol. The predicted octanol–water partition coefficient (Wildman–Crippen LogP) is 2.68. The van der Waals surface area contributed by atoms with E-state index in [1.807, 2.05) is 51.1 Å². The van der Waals surface area contributed by atoms with E-state index in [4.69, 9.17) is 0 Å². The van der Waals surface area contributed by atoms with Crippen LogP contribution in [0.5, 0.6) is 0 Å². The lowest BCUT2D eigenvalue weighted by Crippen LogP contribution is -2.32. The molecule has 0 unspecified atom stereocenters. The molecule has 100 valence electrons. The third kappa shape index (κ3) is 3.28. The first-order valence-corrected chi connectivity index (χ1v) is 6.41. The minimum atomic E-state index is -0.397. The SMILES string of the molecule is CC(C)(C)C(=O)[C@H](Cc1ccccc1)n1cncn1. The molecule has 0 saturated heterocycles. The Morgan fingerprint density at radius 3 is 2.47 bits per heavy atom. The lowest BCUT2D eigenvalue weighted by molar-refractivity contribution is -0.130. The van der Waals surface area contributed by atoms with Crippen LogP contribution in [0.4, 0.5) is 0 Å². The van der Waals surface area contributed by atoms with E-state index in [1.165, 1.54) is 6.33 Å². The Bertz CT molecular complexity index is 526. The first-order chi connectivity index (χ1) is 8.98. The Morgan fingerprint density at radius 2 is 1.95 bits per heavy atom. The van der Waals surface area contributed by atoms with Crippen LogP contribution in [-0.4, -0.2) is 20.5 Å². The Labute approximate surface area is 113 Å². The zero-order valence-electron chi connectivity index (χ0n) is 11.6. The monoisotopic (exact) mass is 257 g/mol. The summed E-state index contributed by atoms with van der Waals surface area (Å²) >= 11 is 0. The number of ketones is 1. The molecule has 1 atom stereocenters. The maximum Gasteiger partial charge on any atom is 0.163 e. The van der Waals surface area contributed by atoms with Crippen LogP contribution in [0.25, 0.3) is 0 Å². The molecular formula is C15H19N3O. The highest BCUT2D eigenvalue weighted by Gasteiger charge is 2.31. The van der Waals surface area contributed by atoms with Crippen molar-refractivity contribution in [1.29, 1.82) is 0 Å². The third-order valence-corrected chi connectivity index (χ3v) is 3.07. The van der Waals surface area contributed by atoms with Crippen molar-refractivity contribution in [1.82, 2.24) is 14.8 Å². The predicted molar refractivity (Wildman–Crippen MR) is 73.7 cm³/mol. The second-order valence-corrected chi connectivity index (χ2v) is 5.70. The highest BCUT2D eigenvalue weighted by atomic mass is 16.1. The highest BCUT2D eigenvalue weighted by Crippen LogP contribution is 2.25. The summed E-state index contributed by atoms with van der Waals surface area (Å²) in [4.78, 5) is 16.5. The zero-order chi connectivity index (χ0) is 13.9. The summed E-state index contributed by atoms with van der Waals surface area (Å²) in [6.07, 6.45) is 3.71. The maximum atomic E-state index is 12.6. The van der Waals surface area contributed by atoms with Gasteiger partial charge in [0.15, 0.2) is 5.78 Å². The van der Waals surface area contributed by atoms with Gasteiger partial charge in [-0.05, 0) is 5.56 Å². The van der Waals surface area contributed by atoms with E-state index in [1.54, 1.807) is 11.0 Å². The molecule has 0 amide bonds. The first-order valence-electron chi connectivity index (χ1n) is 6.41. The van der Waals surface area contributed by atoms with Crippen LogP contribution in [0.15, 0.2) is 43.0 Å². The van der Waals surface area contributed by atoms with Gasteiger partial charge < -0.3 is 0 Å². The van der Waals surface area contributed by atoms with E-state index in [9.17, 15) is 4.79 Å². The minimum absolute atomic E-state index is 0.168. The summed E-state index contributed by atoms with van der Waals surface area (Å²) < 4.78 is 1.65. The van der Waals surface area contributed by atoms with E-state index in [2.05, 4.69) is 10.1 Å². The van der Waals surface area contributed by atoms with Crippen LogP contribution in [0.3, 0.4) is 0 Å². The second-order valence-electron chi connectivity index (χ2n) is 5.70. The van der Waals surface area contributed by atoms with Gasteiger partial charge in [0, 0.05) is 11.8 Å². The molecule has 0 aliphatic heterocycles.